The second kappa shape index (κ2) is 9.45. The molecule has 0 heterocycles. The number of esters is 1. The van der Waals surface area contributed by atoms with Gasteiger partial charge < -0.3 is 9.84 Å². The molecule has 4 heteroatoms. The molecule has 0 saturated carbocycles. The summed E-state index contributed by atoms with van der Waals surface area (Å²) in [6.45, 7) is 8.76. The van der Waals surface area contributed by atoms with Crippen LogP contribution in [0.5, 0.6) is 0 Å². The second-order valence-electron chi connectivity index (χ2n) is 7.48. The van der Waals surface area contributed by atoms with E-state index in [4.69, 9.17) is 9.84 Å². The quantitative estimate of drug-likeness (QED) is 0.490. The van der Waals surface area contributed by atoms with Crippen molar-refractivity contribution in [2.75, 3.05) is 0 Å². The Morgan fingerprint density at radius 2 is 1.62 bits per heavy atom. The van der Waals surface area contributed by atoms with Crippen LogP contribution < -0.4 is 0 Å². The van der Waals surface area contributed by atoms with E-state index in [2.05, 4.69) is 20.8 Å². The fourth-order valence-electron chi connectivity index (χ4n) is 2.52. The van der Waals surface area contributed by atoms with Crippen molar-refractivity contribution in [3.8, 4) is 0 Å². The number of carboxylic acids is 1. The molecule has 0 saturated heterocycles. The standard InChI is InChI=1S/C20H30O4/c1-5-17(9-7-6-8-14-20(2,3)4)24-19(23)16-12-10-15(11-13-16)18(21)22/h10-13,17H,5-9,14H2,1-4H3,(H,21,22). The summed E-state index contributed by atoms with van der Waals surface area (Å²) in [5, 5.41) is 8.87. The number of hydrogen-bond acceptors (Lipinski definition) is 3. The third-order valence-corrected chi connectivity index (χ3v) is 4.05. The van der Waals surface area contributed by atoms with Gasteiger partial charge >= 0.3 is 11.9 Å². The predicted octanol–water partition coefficient (Wildman–Crippen LogP) is 5.32. The molecule has 1 rings (SSSR count). The fourth-order valence-corrected chi connectivity index (χ4v) is 2.52. The van der Waals surface area contributed by atoms with Crippen molar-refractivity contribution >= 4 is 11.9 Å². The second-order valence-corrected chi connectivity index (χ2v) is 7.48. The molecule has 1 aromatic rings. The molecule has 134 valence electrons. The molecular formula is C20H30O4. The molecule has 0 aliphatic heterocycles. The van der Waals surface area contributed by atoms with Crippen LogP contribution in [0, 0.1) is 5.41 Å². The van der Waals surface area contributed by atoms with Gasteiger partial charge in [-0.05, 0) is 55.4 Å². The van der Waals surface area contributed by atoms with E-state index in [0.717, 1.165) is 25.7 Å². The summed E-state index contributed by atoms with van der Waals surface area (Å²) < 4.78 is 5.55. The lowest BCUT2D eigenvalue weighted by Crippen LogP contribution is -2.17. The molecule has 0 aliphatic rings. The smallest absolute Gasteiger partial charge is 0.338 e. The maximum atomic E-state index is 12.1. The third kappa shape index (κ3) is 7.62. The lowest BCUT2D eigenvalue weighted by Gasteiger charge is -2.19. The van der Waals surface area contributed by atoms with E-state index >= 15 is 0 Å². The van der Waals surface area contributed by atoms with Crippen molar-refractivity contribution in [3.05, 3.63) is 35.4 Å². The summed E-state index contributed by atoms with van der Waals surface area (Å²) >= 11 is 0. The number of unbranched alkanes of at least 4 members (excludes halogenated alkanes) is 2. The monoisotopic (exact) mass is 334 g/mol. The normalized spacial score (nSPS) is 12.7. The molecule has 1 unspecified atom stereocenters. The molecule has 1 atom stereocenters. The van der Waals surface area contributed by atoms with Crippen LogP contribution in [0.4, 0.5) is 0 Å². The minimum absolute atomic E-state index is 0.0775. The number of benzene rings is 1. The Balaban J connectivity index is 2.41. The summed E-state index contributed by atoms with van der Waals surface area (Å²) in [5.74, 6) is -1.38. The van der Waals surface area contributed by atoms with E-state index in [1.165, 1.54) is 37.1 Å². The Hall–Kier alpha value is -1.84. The number of rotatable bonds is 9. The molecule has 4 nitrogen and oxygen atoms in total. The lowest BCUT2D eigenvalue weighted by atomic mass is 9.89. The average Bonchev–Trinajstić information content (AvgIpc) is 2.52. The molecule has 0 fully saturated rings. The minimum atomic E-state index is -1.00. The highest BCUT2D eigenvalue weighted by Gasteiger charge is 2.15. The first-order chi connectivity index (χ1) is 11.2. The Bertz CT molecular complexity index is 526. The lowest BCUT2D eigenvalue weighted by molar-refractivity contribution is 0.0266. The molecule has 0 amide bonds. The predicted molar refractivity (Wildman–Crippen MR) is 95.4 cm³/mol. The number of carboxylic acid groups (broad SMARTS) is 1. The topological polar surface area (TPSA) is 63.6 Å². The first kappa shape index (κ1) is 20.2. The number of carbonyl (C=O) groups is 2. The molecule has 0 bridgehead atoms. The largest absolute Gasteiger partial charge is 0.478 e. The van der Waals surface area contributed by atoms with Gasteiger partial charge in [-0.1, -0.05) is 40.5 Å². The van der Waals surface area contributed by atoms with Gasteiger partial charge in [-0.3, -0.25) is 0 Å². The van der Waals surface area contributed by atoms with Gasteiger partial charge in [0.1, 0.15) is 6.10 Å². The van der Waals surface area contributed by atoms with Crippen LogP contribution in [-0.2, 0) is 4.74 Å². The molecule has 1 aromatic carbocycles. The number of aromatic carboxylic acids is 1. The van der Waals surface area contributed by atoms with Gasteiger partial charge in [0.05, 0.1) is 11.1 Å². The molecule has 24 heavy (non-hydrogen) atoms. The summed E-state index contributed by atoms with van der Waals surface area (Å²) in [7, 11) is 0. The van der Waals surface area contributed by atoms with Gasteiger partial charge in [0, 0.05) is 0 Å². The third-order valence-electron chi connectivity index (χ3n) is 4.05. The van der Waals surface area contributed by atoms with Crippen molar-refractivity contribution in [3.63, 3.8) is 0 Å². The van der Waals surface area contributed by atoms with E-state index in [0.29, 0.717) is 11.0 Å². The Morgan fingerprint density at radius 3 is 2.12 bits per heavy atom. The highest BCUT2D eigenvalue weighted by atomic mass is 16.5. The molecule has 0 aliphatic carbocycles. The van der Waals surface area contributed by atoms with Gasteiger partial charge in [0.15, 0.2) is 0 Å². The molecule has 0 radical (unpaired) electrons. The average molecular weight is 334 g/mol. The zero-order valence-corrected chi connectivity index (χ0v) is 15.3. The van der Waals surface area contributed by atoms with Crippen molar-refractivity contribution in [2.45, 2.75) is 72.3 Å². The van der Waals surface area contributed by atoms with E-state index in [1.54, 1.807) is 0 Å². The van der Waals surface area contributed by atoms with Crippen molar-refractivity contribution < 1.29 is 19.4 Å². The van der Waals surface area contributed by atoms with Crippen molar-refractivity contribution in [2.24, 2.45) is 5.41 Å². The van der Waals surface area contributed by atoms with Crippen LogP contribution in [0.3, 0.4) is 0 Å². The summed E-state index contributed by atoms with van der Waals surface area (Å²) in [6, 6.07) is 5.85. The Morgan fingerprint density at radius 1 is 1.04 bits per heavy atom. The van der Waals surface area contributed by atoms with Crippen LogP contribution in [0.1, 0.15) is 86.9 Å². The van der Waals surface area contributed by atoms with Gasteiger partial charge in [-0.2, -0.15) is 0 Å². The van der Waals surface area contributed by atoms with E-state index < -0.39 is 5.97 Å². The first-order valence-corrected chi connectivity index (χ1v) is 8.77. The first-order valence-electron chi connectivity index (χ1n) is 8.77. The van der Waals surface area contributed by atoms with Crippen molar-refractivity contribution in [1.82, 2.24) is 0 Å². The molecule has 0 spiro atoms. The maximum Gasteiger partial charge on any atom is 0.338 e. The Labute approximate surface area is 145 Å². The minimum Gasteiger partial charge on any atom is -0.478 e. The SMILES string of the molecule is CCC(CCCCCC(C)(C)C)OC(=O)c1ccc(C(=O)O)cc1. The number of carbonyl (C=O) groups excluding carboxylic acids is 1. The number of ether oxygens (including phenoxy) is 1. The van der Waals surface area contributed by atoms with E-state index in [-0.39, 0.29) is 17.6 Å². The maximum absolute atomic E-state index is 12.1. The summed E-state index contributed by atoms with van der Waals surface area (Å²) in [4.78, 5) is 23.0. The highest BCUT2D eigenvalue weighted by Crippen LogP contribution is 2.23. The molecule has 1 N–H and O–H groups in total. The van der Waals surface area contributed by atoms with Gasteiger partial charge in [-0.25, -0.2) is 9.59 Å². The summed E-state index contributed by atoms with van der Waals surface area (Å²) in [5.41, 5.74) is 0.933. The number of hydrogen-bond donors (Lipinski definition) is 1. The van der Waals surface area contributed by atoms with Gasteiger partial charge in [0.25, 0.3) is 0 Å². The zero-order chi connectivity index (χ0) is 18.2. The van der Waals surface area contributed by atoms with Crippen LogP contribution in [0.15, 0.2) is 24.3 Å². The summed E-state index contributed by atoms with van der Waals surface area (Å²) in [6.07, 6.45) is 6.20. The fraction of sp³-hybridized carbons (Fsp3) is 0.600. The van der Waals surface area contributed by atoms with E-state index in [1.807, 2.05) is 6.92 Å². The highest BCUT2D eigenvalue weighted by molar-refractivity contribution is 5.92. The van der Waals surface area contributed by atoms with Crippen LogP contribution >= 0.6 is 0 Å². The van der Waals surface area contributed by atoms with Crippen molar-refractivity contribution in [1.29, 1.82) is 0 Å². The van der Waals surface area contributed by atoms with Crippen LogP contribution in [0.25, 0.3) is 0 Å². The van der Waals surface area contributed by atoms with Crippen LogP contribution in [-0.4, -0.2) is 23.1 Å². The van der Waals surface area contributed by atoms with Gasteiger partial charge in [0.2, 0.25) is 0 Å². The molecule has 0 aromatic heterocycles. The van der Waals surface area contributed by atoms with E-state index in [9.17, 15) is 9.59 Å². The van der Waals surface area contributed by atoms with Gasteiger partial charge in [-0.15, -0.1) is 0 Å². The Kier molecular flexibility index (Phi) is 7.96. The molecular weight excluding hydrogens is 304 g/mol. The zero-order valence-electron chi connectivity index (χ0n) is 15.3. The van der Waals surface area contributed by atoms with Crippen LogP contribution in [0.2, 0.25) is 0 Å².